The lowest BCUT2D eigenvalue weighted by atomic mass is 9.78. The minimum atomic E-state index is 0.155. The molecule has 0 aliphatic rings. The van der Waals surface area contributed by atoms with Crippen molar-refractivity contribution in [1.29, 1.82) is 0 Å². The predicted molar refractivity (Wildman–Crippen MR) is 160 cm³/mol. The molecule has 4 nitrogen and oxygen atoms in total. The SMILES string of the molecule is C=C=C=C=C=C(COCOC)C(C)CC(CC(C)CC(CC)C(=C=C=C=C=C)COCOC)C(C)=C=C=C=C=C. The zero-order valence-electron chi connectivity index (χ0n) is 25.2. The Morgan fingerprint density at radius 3 is 1.62 bits per heavy atom. The number of ether oxygens (including phenoxy) is 4. The standard InChI is InChI=1S/C36H44O4/c1-10-14-17-20-31(6)36(25-32(7)34(21-18-15-11-2)26-39-28-37-8)24-30(5)23-33(13-4)35(22-19-16-12-3)27-40-29-38-9/h30,32-33,36H,1-3,13,23-29H2,4-9H3. The first kappa shape index (κ1) is 36.4. The molecule has 4 unspecified atom stereocenters. The molecular weight excluding hydrogens is 496 g/mol. The fourth-order valence-corrected chi connectivity index (χ4v) is 4.26. The number of rotatable bonds is 18. The molecule has 0 aromatic carbocycles. The average molecular weight is 541 g/mol. The van der Waals surface area contributed by atoms with Crippen LogP contribution in [0.2, 0.25) is 0 Å². The largest absolute Gasteiger partial charge is 0.359 e. The zero-order valence-corrected chi connectivity index (χ0v) is 25.2. The van der Waals surface area contributed by atoms with Crippen molar-refractivity contribution in [2.24, 2.45) is 23.7 Å². The van der Waals surface area contributed by atoms with Crippen LogP contribution in [0.3, 0.4) is 0 Å². The Hall–Kier alpha value is -3.58. The van der Waals surface area contributed by atoms with Gasteiger partial charge in [-0.25, -0.2) is 0 Å². The average Bonchev–Trinajstić information content (AvgIpc) is 2.94. The quantitative estimate of drug-likeness (QED) is 0.101. The van der Waals surface area contributed by atoms with Crippen molar-refractivity contribution >= 4 is 0 Å². The fraction of sp³-hybridized carbons (Fsp3) is 0.500. The third kappa shape index (κ3) is 17.1. The van der Waals surface area contributed by atoms with Crippen molar-refractivity contribution in [2.75, 3.05) is 41.0 Å². The van der Waals surface area contributed by atoms with Gasteiger partial charge in [0.25, 0.3) is 0 Å². The third-order valence-electron chi connectivity index (χ3n) is 6.28. The van der Waals surface area contributed by atoms with Crippen molar-refractivity contribution in [3.8, 4) is 0 Å². The van der Waals surface area contributed by atoms with E-state index in [4.69, 9.17) is 18.9 Å². The van der Waals surface area contributed by atoms with Crippen LogP contribution in [0, 0.1) is 23.7 Å². The molecule has 4 atom stereocenters. The minimum absolute atomic E-state index is 0.155. The molecule has 0 saturated heterocycles. The predicted octanol–water partition coefficient (Wildman–Crippen LogP) is 7.86. The van der Waals surface area contributed by atoms with Gasteiger partial charge in [-0.15, -0.1) is 0 Å². The molecule has 0 amide bonds. The van der Waals surface area contributed by atoms with Crippen LogP contribution in [0.15, 0.2) is 105 Å². The van der Waals surface area contributed by atoms with E-state index in [1.165, 1.54) is 0 Å². The van der Waals surface area contributed by atoms with Crippen molar-refractivity contribution in [3.63, 3.8) is 0 Å². The molecule has 0 rings (SSSR count). The molecule has 0 aliphatic heterocycles. The monoisotopic (exact) mass is 540 g/mol. The topological polar surface area (TPSA) is 36.9 Å². The van der Waals surface area contributed by atoms with Crippen LogP contribution in [0.5, 0.6) is 0 Å². The first-order chi connectivity index (χ1) is 19.4. The Labute approximate surface area is 242 Å². The van der Waals surface area contributed by atoms with Gasteiger partial charge < -0.3 is 18.9 Å². The lowest BCUT2D eigenvalue weighted by Gasteiger charge is -2.27. The van der Waals surface area contributed by atoms with E-state index < -0.39 is 0 Å². The maximum atomic E-state index is 5.66. The van der Waals surface area contributed by atoms with E-state index in [0.717, 1.165) is 42.4 Å². The van der Waals surface area contributed by atoms with Crippen LogP contribution in [0.25, 0.3) is 0 Å². The van der Waals surface area contributed by atoms with Crippen LogP contribution in [-0.2, 0) is 18.9 Å². The van der Waals surface area contributed by atoms with E-state index in [0.29, 0.717) is 19.1 Å². The highest BCUT2D eigenvalue weighted by Gasteiger charge is 2.23. The highest BCUT2D eigenvalue weighted by Crippen LogP contribution is 2.33. The smallest absolute Gasteiger partial charge is 0.146 e. The van der Waals surface area contributed by atoms with E-state index in [2.05, 4.69) is 116 Å². The molecule has 40 heavy (non-hydrogen) atoms. The molecule has 0 radical (unpaired) electrons. The van der Waals surface area contributed by atoms with Gasteiger partial charge in [0.05, 0.1) is 13.2 Å². The van der Waals surface area contributed by atoms with Gasteiger partial charge in [-0.3, -0.25) is 0 Å². The summed E-state index contributed by atoms with van der Waals surface area (Å²) in [5, 5.41) is 0. The Morgan fingerprint density at radius 2 is 1.12 bits per heavy atom. The molecule has 0 fully saturated rings. The van der Waals surface area contributed by atoms with Crippen LogP contribution in [0.1, 0.15) is 53.4 Å². The van der Waals surface area contributed by atoms with Crippen LogP contribution in [-0.4, -0.2) is 41.0 Å². The number of hydrogen-bond donors (Lipinski definition) is 0. The van der Waals surface area contributed by atoms with Crippen LogP contribution >= 0.6 is 0 Å². The second-order valence-electron chi connectivity index (χ2n) is 9.41. The summed E-state index contributed by atoms with van der Waals surface area (Å²) in [6.45, 7) is 20.6. The molecule has 0 heterocycles. The number of methoxy groups -OCH3 is 2. The maximum Gasteiger partial charge on any atom is 0.146 e. The summed E-state index contributed by atoms with van der Waals surface area (Å²) in [6.07, 6.45) is 3.73. The van der Waals surface area contributed by atoms with Gasteiger partial charge in [-0.2, -0.15) is 0 Å². The Bertz CT molecular complexity index is 1270. The van der Waals surface area contributed by atoms with Gasteiger partial charge >= 0.3 is 0 Å². The highest BCUT2D eigenvalue weighted by molar-refractivity contribution is 5.11. The van der Waals surface area contributed by atoms with Crippen molar-refractivity contribution < 1.29 is 18.9 Å². The molecule has 4 heteroatoms. The Kier molecular flexibility index (Phi) is 22.3. The summed E-state index contributed by atoms with van der Waals surface area (Å²) in [5.74, 6) is 1.05. The summed E-state index contributed by atoms with van der Waals surface area (Å²) in [6, 6.07) is 0. The van der Waals surface area contributed by atoms with Gasteiger partial charge in [-0.05, 0) is 116 Å². The van der Waals surface area contributed by atoms with Gasteiger partial charge in [0.1, 0.15) is 13.6 Å². The summed E-state index contributed by atoms with van der Waals surface area (Å²) in [4.78, 5) is 0. The summed E-state index contributed by atoms with van der Waals surface area (Å²) in [5.41, 5.74) is 37.4. The Balaban J connectivity index is 6.24. The highest BCUT2D eigenvalue weighted by atomic mass is 16.7. The van der Waals surface area contributed by atoms with E-state index in [9.17, 15) is 0 Å². The van der Waals surface area contributed by atoms with Crippen LogP contribution in [0.4, 0.5) is 0 Å². The second-order valence-corrected chi connectivity index (χ2v) is 9.41. The lowest BCUT2D eigenvalue weighted by Crippen LogP contribution is -2.18. The number of allylic oxidation sites excluding steroid dienone is 1. The second kappa shape index (κ2) is 24.5. The Morgan fingerprint density at radius 1 is 0.650 bits per heavy atom. The molecule has 0 saturated carbocycles. The summed E-state index contributed by atoms with van der Waals surface area (Å²) in [7, 11) is 3.21. The summed E-state index contributed by atoms with van der Waals surface area (Å²) >= 11 is 0. The van der Waals surface area contributed by atoms with Gasteiger partial charge in [0.2, 0.25) is 0 Å². The van der Waals surface area contributed by atoms with E-state index >= 15 is 0 Å². The zero-order chi connectivity index (χ0) is 30.0. The van der Waals surface area contributed by atoms with Gasteiger partial charge in [0, 0.05) is 25.4 Å². The molecule has 0 spiro atoms. The molecular formula is C36H44O4. The molecule has 0 bridgehead atoms. The first-order valence-electron chi connectivity index (χ1n) is 13.4. The van der Waals surface area contributed by atoms with Gasteiger partial charge in [0.15, 0.2) is 0 Å². The van der Waals surface area contributed by atoms with E-state index in [-0.39, 0.29) is 31.3 Å². The van der Waals surface area contributed by atoms with Crippen molar-refractivity contribution in [2.45, 2.75) is 53.4 Å². The lowest BCUT2D eigenvalue weighted by molar-refractivity contribution is -0.0233. The van der Waals surface area contributed by atoms with E-state index in [1.54, 1.807) is 14.2 Å². The minimum Gasteiger partial charge on any atom is -0.359 e. The van der Waals surface area contributed by atoms with Gasteiger partial charge in [-0.1, -0.05) is 55.2 Å². The first-order valence-corrected chi connectivity index (χ1v) is 13.4. The maximum absolute atomic E-state index is 5.66. The van der Waals surface area contributed by atoms with Crippen molar-refractivity contribution in [3.05, 3.63) is 105 Å². The molecule has 0 N–H and O–H groups in total. The normalized spacial score (nSPS) is 12.2. The third-order valence-corrected chi connectivity index (χ3v) is 6.28. The molecule has 0 aromatic rings. The van der Waals surface area contributed by atoms with Crippen LogP contribution < -0.4 is 0 Å². The molecule has 212 valence electrons. The molecule has 0 aliphatic carbocycles. The number of hydrogen-bond acceptors (Lipinski definition) is 4. The molecule has 0 aromatic heterocycles. The van der Waals surface area contributed by atoms with Crippen molar-refractivity contribution in [1.82, 2.24) is 0 Å². The fourth-order valence-electron chi connectivity index (χ4n) is 4.26. The van der Waals surface area contributed by atoms with E-state index in [1.807, 2.05) is 0 Å². The summed E-state index contributed by atoms with van der Waals surface area (Å²) < 4.78 is 21.4.